The average Bonchev–Trinajstić information content (AvgIpc) is 2.72. The van der Waals surface area contributed by atoms with E-state index in [1.807, 2.05) is 0 Å². The topological polar surface area (TPSA) is 38.9 Å². The van der Waals surface area contributed by atoms with Crippen LogP contribution in [0, 0.1) is 12.7 Å². The Balaban J connectivity index is 2.16. The maximum Gasteiger partial charge on any atom is 0.123 e. The number of aryl methyl sites for hydroxylation is 2. The van der Waals surface area contributed by atoms with Gasteiger partial charge in [-0.05, 0) is 57.0 Å². The molecule has 1 heterocycles. The maximum atomic E-state index is 12.9. The second-order valence-corrected chi connectivity index (χ2v) is 5.55. The van der Waals surface area contributed by atoms with Crippen molar-refractivity contribution in [1.82, 2.24) is 4.98 Å². The molecule has 1 aromatic carbocycles. The maximum absolute atomic E-state index is 12.9. The highest BCUT2D eigenvalue weighted by Gasteiger charge is 2.09. The SMILES string of the molecule is Cc1sc(CCCCN)nc1-c1ccc(F)cc1. The van der Waals surface area contributed by atoms with Crippen LogP contribution in [0.4, 0.5) is 4.39 Å². The van der Waals surface area contributed by atoms with Crippen molar-refractivity contribution >= 4 is 11.3 Å². The first-order chi connectivity index (χ1) is 8.70. The van der Waals surface area contributed by atoms with Gasteiger partial charge in [0.05, 0.1) is 10.7 Å². The van der Waals surface area contributed by atoms with Gasteiger partial charge in [0, 0.05) is 10.4 Å². The van der Waals surface area contributed by atoms with Crippen LogP contribution in [0.3, 0.4) is 0 Å². The van der Waals surface area contributed by atoms with Crippen LogP contribution in [-0.2, 0) is 6.42 Å². The molecular weight excluding hydrogens is 247 g/mol. The van der Waals surface area contributed by atoms with Crippen molar-refractivity contribution in [3.05, 3.63) is 40.0 Å². The van der Waals surface area contributed by atoms with Crippen molar-refractivity contribution < 1.29 is 4.39 Å². The Labute approximate surface area is 111 Å². The zero-order chi connectivity index (χ0) is 13.0. The van der Waals surface area contributed by atoms with Gasteiger partial charge in [-0.15, -0.1) is 11.3 Å². The molecule has 0 saturated carbocycles. The van der Waals surface area contributed by atoms with Crippen molar-refractivity contribution in [2.45, 2.75) is 26.2 Å². The molecule has 0 radical (unpaired) electrons. The molecule has 18 heavy (non-hydrogen) atoms. The van der Waals surface area contributed by atoms with E-state index in [0.717, 1.165) is 42.1 Å². The lowest BCUT2D eigenvalue weighted by Crippen LogP contribution is -1.98. The van der Waals surface area contributed by atoms with Crippen LogP contribution in [0.5, 0.6) is 0 Å². The zero-order valence-electron chi connectivity index (χ0n) is 10.4. The van der Waals surface area contributed by atoms with Crippen molar-refractivity contribution in [2.75, 3.05) is 6.54 Å². The second kappa shape index (κ2) is 6.07. The third kappa shape index (κ3) is 3.15. The summed E-state index contributed by atoms with van der Waals surface area (Å²) in [6.07, 6.45) is 3.08. The number of hydrogen-bond acceptors (Lipinski definition) is 3. The third-order valence-corrected chi connectivity index (χ3v) is 3.83. The summed E-state index contributed by atoms with van der Waals surface area (Å²) in [5, 5.41) is 1.14. The molecule has 1 aromatic heterocycles. The Morgan fingerprint density at radius 2 is 1.94 bits per heavy atom. The summed E-state index contributed by atoms with van der Waals surface area (Å²) in [7, 11) is 0. The molecule has 2 N–H and O–H groups in total. The van der Waals surface area contributed by atoms with Gasteiger partial charge in [0.1, 0.15) is 5.82 Å². The normalized spacial score (nSPS) is 10.8. The Kier molecular flexibility index (Phi) is 4.44. The second-order valence-electron chi connectivity index (χ2n) is 4.27. The predicted octanol–water partition coefficient (Wildman–Crippen LogP) is 3.54. The van der Waals surface area contributed by atoms with Gasteiger partial charge < -0.3 is 5.73 Å². The Hall–Kier alpha value is -1.26. The first-order valence-corrected chi connectivity index (χ1v) is 6.94. The van der Waals surface area contributed by atoms with E-state index in [2.05, 4.69) is 11.9 Å². The molecule has 2 rings (SSSR count). The molecule has 0 saturated heterocycles. The molecule has 0 amide bonds. The minimum Gasteiger partial charge on any atom is -0.330 e. The van der Waals surface area contributed by atoms with E-state index in [1.165, 1.54) is 17.0 Å². The molecule has 0 unspecified atom stereocenters. The molecule has 2 aromatic rings. The van der Waals surface area contributed by atoms with Crippen molar-refractivity contribution in [1.29, 1.82) is 0 Å². The quantitative estimate of drug-likeness (QED) is 0.839. The summed E-state index contributed by atoms with van der Waals surface area (Å²) in [4.78, 5) is 5.82. The zero-order valence-corrected chi connectivity index (χ0v) is 11.3. The first-order valence-electron chi connectivity index (χ1n) is 6.13. The van der Waals surface area contributed by atoms with E-state index in [-0.39, 0.29) is 5.82 Å². The van der Waals surface area contributed by atoms with Crippen LogP contribution in [0.25, 0.3) is 11.3 Å². The van der Waals surface area contributed by atoms with E-state index in [0.29, 0.717) is 0 Å². The first kappa shape index (κ1) is 13.2. The number of thiazole rings is 1. The average molecular weight is 264 g/mol. The molecule has 0 spiro atoms. The lowest BCUT2D eigenvalue weighted by Gasteiger charge is -1.98. The van der Waals surface area contributed by atoms with Crippen LogP contribution in [0.1, 0.15) is 22.7 Å². The van der Waals surface area contributed by atoms with Crippen molar-refractivity contribution in [3.8, 4) is 11.3 Å². The molecule has 0 aliphatic heterocycles. The van der Waals surface area contributed by atoms with Gasteiger partial charge in [0.25, 0.3) is 0 Å². The van der Waals surface area contributed by atoms with Crippen LogP contribution < -0.4 is 5.73 Å². The fourth-order valence-corrected chi connectivity index (χ4v) is 2.85. The molecule has 0 atom stereocenters. The fraction of sp³-hybridized carbons (Fsp3) is 0.357. The lowest BCUT2D eigenvalue weighted by molar-refractivity contribution is 0.628. The van der Waals surface area contributed by atoms with Gasteiger partial charge in [-0.1, -0.05) is 0 Å². The van der Waals surface area contributed by atoms with E-state index >= 15 is 0 Å². The van der Waals surface area contributed by atoms with Crippen LogP contribution in [-0.4, -0.2) is 11.5 Å². The molecule has 0 aliphatic rings. The van der Waals surface area contributed by atoms with Crippen molar-refractivity contribution in [2.24, 2.45) is 5.73 Å². The van der Waals surface area contributed by atoms with Gasteiger partial charge in [-0.2, -0.15) is 0 Å². The van der Waals surface area contributed by atoms with Gasteiger partial charge in [0.2, 0.25) is 0 Å². The number of nitrogens with two attached hydrogens (primary N) is 1. The molecule has 0 bridgehead atoms. The highest BCUT2D eigenvalue weighted by atomic mass is 32.1. The summed E-state index contributed by atoms with van der Waals surface area (Å²) < 4.78 is 12.9. The van der Waals surface area contributed by atoms with Crippen LogP contribution >= 0.6 is 11.3 Å². The standard InChI is InChI=1S/C14H17FN2S/c1-10-14(11-5-7-12(15)8-6-11)17-13(18-10)4-2-3-9-16/h5-8H,2-4,9,16H2,1H3. The summed E-state index contributed by atoms with van der Waals surface area (Å²) >= 11 is 1.72. The third-order valence-electron chi connectivity index (χ3n) is 2.80. The molecule has 96 valence electrons. The Bertz CT molecular complexity index is 505. The van der Waals surface area contributed by atoms with Crippen LogP contribution in [0.2, 0.25) is 0 Å². The highest BCUT2D eigenvalue weighted by Crippen LogP contribution is 2.28. The Morgan fingerprint density at radius 1 is 1.22 bits per heavy atom. The number of hydrogen-bond donors (Lipinski definition) is 1. The molecule has 0 fully saturated rings. The predicted molar refractivity (Wildman–Crippen MR) is 74.2 cm³/mol. The van der Waals surface area contributed by atoms with E-state index in [4.69, 9.17) is 5.73 Å². The number of rotatable bonds is 5. The van der Waals surface area contributed by atoms with Gasteiger partial charge in [0.15, 0.2) is 0 Å². The summed E-state index contributed by atoms with van der Waals surface area (Å²) in [5.41, 5.74) is 7.44. The molecule has 4 heteroatoms. The minimum absolute atomic E-state index is 0.213. The van der Waals surface area contributed by atoms with Crippen LogP contribution in [0.15, 0.2) is 24.3 Å². The largest absolute Gasteiger partial charge is 0.330 e. The number of benzene rings is 1. The Morgan fingerprint density at radius 3 is 2.61 bits per heavy atom. The van der Waals surface area contributed by atoms with E-state index < -0.39 is 0 Å². The fourth-order valence-electron chi connectivity index (χ4n) is 1.85. The summed E-state index contributed by atoms with van der Waals surface area (Å²) in [5.74, 6) is -0.213. The van der Waals surface area contributed by atoms with Gasteiger partial charge in [-0.3, -0.25) is 0 Å². The number of halogens is 1. The van der Waals surface area contributed by atoms with Gasteiger partial charge >= 0.3 is 0 Å². The summed E-state index contributed by atoms with van der Waals surface area (Å²) in [6, 6.07) is 6.51. The molecule has 2 nitrogen and oxygen atoms in total. The minimum atomic E-state index is -0.213. The number of unbranched alkanes of at least 4 members (excludes halogenated alkanes) is 1. The molecule has 0 aliphatic carbocycles. The molecular formula is C14H17FN2S. The van der Waals surface area contributed by atoms with Gasteiger partial charge in [-0.25, -0.2) is 9.37 Å². The smallest absolute Gasteiger partial charge is 0.123 e. The lowest BCUT2D eigenvalue weighted by atomic mass is 10.1. The monoisotopic (exact) mass is 264 g/mol. The van der Waals surface area contributed by atoms with E-state index in [1.54, 1.807) is 23.5 Å². The number of aromatic nitrogens is 1. The highest BCUT2D eigenvalue weighted by molar-refractivity contribution is 7.12. The van der Waals surface area contributed by atoms with Crippen molar-refractivity contribution in [3.63, 3.8) is 0 Å². The van der Waals surface area contributed by atoms with E-state index in [9.17, 15) is 4.39 Å². The summed E-state index contributed by atoms with van der Waals surface area (Å²) in [6.45, 7) is 2.79. The number of nitrogens with zero attached hydrogens (tertiary/aromatic N) is 1.